The quantitative estimate of drug-likeness (QED) is 0.673. The Morgan fingerprint density at radius 3 is 2.69 bits per heavy atom. The van der Waals surface area contributed by atoms with Gasteiger partial charge in [0.2, 0.25) is 11.8 Å². The van der Waals surface area contributed by atoms with Crippen LogP contribution in [0.1, 0.15) is 78.1 Å². The predicted molar refractivity (Wildman–Crippen MR) is 118 cm³/mol. The second kappa shape index (κ2) is 9.89. The van der Waals surface area contributed by atoms with Crippen LogP contribution in [-0.2, 0) is 22.6 Å². The summed E-state index contributed by atoms with van der Waals surface area (Å²) in [4.78, 5) is 44.5. The van der Waals surface area contributed by atoms with Crippen molar-refractivity contribution in [2.75, 3.05) is 12.4 Å². The molecule has 2 heterocycles. The first-order valence-electron chi connectivity index (χ1n) is 11.3. The molecule has 0 aliphatic heterocycles. The highest BCUT2D eigenvalue weighted by Crippen LogP contribution is 2.33. The van der Waals surface area contributed by atoms with E-state index in [2.05, 4.69) is 25.2 Å². The van der Waals surface area contributed by atoms with Gasteiger partial charge in [-0.15, -0.1) is 0 Å². The number of anilines is 1. The van der Waals surface area contributed by atoms with E-state index in [0.717, 1.165) is 6.42 Å². The zero-order valence-corrected chi connectivity index (χ0v) is 19.4. The van der Waals surface area contributed by atoms with Crippen LogP contribution in [0.3, 0.4) is 0 Å². The fourth-order valence-corrected chi connectivity index (χ4v) is 5.52. The van der Waals surface area contributed by atoms with Crippen molar-refractivity contribution < 1.29 is 19.0 Å². The smallest absolute Gasteiger partial charge is 0.226 e. The van der Waals surface area contributed by atoms with E-state index in [4.69, 9.17) is 0 Å². The molecule has 10 heteroatoms. The summed E-state index contributed by atoms with van der Waals surface area (Å²) < 4.78 is 4.69. The van der Waals surface area contributed by atoms with E-state index in [1.54, 1.807) is 14.0 Å². The van der Waals surface area contributed by atoms with E-state index < -0.39 is 5.92 Å². The zero-order chi connectivity index (χ0) is 22.7. The van der Waals surface area contributed by atoms with Crippen LogP contribution >= 0.6 is 11.3 Å². The van der Waals surface area contributed by atoms with E-state index in [0.29, 0.717) is 45.9 Å². The number of fused-ring (bicyclic) bond motifs is 1. The molecule has 0 bridgehead atoms. The third-order valence-electron chi connectivity index (χ3n) is 6.43. The minimum absolute atomic E-state index is 0.0573. The lowest BCUT2D eigenvalue weighted by Crippen LogP contribution is -2.37. The van der Waals surface area contributed by atoms with Crippen molar-refractivity contribution in [2.24, 2.45) is 11.8 Å². The molecule has 2 aromatic heterocycles. The third-order valence-corrected chi connectivity index (χ3v) is 7.49. The number of hydrogen-bond acceptors (Lipinski definition) is 8. The number of aromatic nitrogens is 3. The highest BCUT2D eigenvalue weighted by atomic mass is 32.1. The molecule has 1 N–H and O–H groups in total. The van der Waals surface area contributed by atoms with E-state index in [1.807, 2.05) is 0 Å². The van der Waals surface area contributed by atoms with Crippen molar-refractivity contribution in [2.45, 2.75) is 71.3 Å². The average molecular weight is 460 g/mol. The molecule has 9 nitrogen and oxygen atoms in total. The maximum atomic E-state index is 12.9. The fraction of sp³-hybridized carbons (Fsp3) is 0.636. The second-order valence-corrected chi connectivity index (χ2v) is 9.90. The molecule has 0 spiro atoms. The van der Waals surface area contributed by atoms with Crippen LogP contribution in [0.5, 0.6) is 0 Å². The Hall–Kier alpha value is -2.62. The van der Waals surface area contributed by atoms with Gasteiger partial charge >= 0.3 is 0 Å². The summed E-state index contributed by atoms with van der Waals surface area (Å²) in [6, 6.07) is 0. The van der Waals surface area contributed by atoms with Gasteiger partial charge in [0, 0.05) is 26.3 Å². The van der Waals surface area contributed by atoms with Crippen LogP contribution < -0.4 is 5.32 Å². The average Bonchev–Trinajstić information content (AvgIpc) is 3.38. The van der Waals surface area contributed by atoms with Crippen molar-refractivity contribution in [3.05, 3.63) is 22.0 Å². The van der Waals surface area contributed by atoms with Crippen molar-refractivity contribution in [3.8, 4) is 0 Å². The number of rotatable bonds is 7. The number of aryl methyl sites for hydroxylation is 1. The van der Waals surface area contributed by atoms with Gasteiger partial charge in [0.05, 0.1) is 23.0 Å². The van der Waals surface area contributed by atoms with Gasteiger partial charge in [-0.3, -0.25) is 14.4 Å². The lowest BCUT2D eigenvalue weighted by atomic mass is 9.86. The molecule has 4 rings (SSSR count). The topological polar surface area (TPSA) is 118 Å². The number of carbonyl (C=O) groups excluding carboxylic acids is 3. The highest BCUT2D eigenvalue weighted by Gasteiger charge is 2.34. The van der Waals surface area contributed by atoms with E-state index in [1.165, 1.54) is 48.3 Å². The van der Waals surface area contributed by atoms with Crippen molar-refractivity contribution in [3.63, 3.8) is 0 Å². The van der Waals surface area contributed by atoms with Crippen molar-refractivity contribution in [1.29, 1.82) is 0 Å². The largest absolute Gasteiger partial charge is 0.339 e. The molecule has 0 aromatic carbocycles. The number of amides is 2. The minimum atomic E-state index is -0.475. The highest BCUT2D eigenvalue weighted by molar-refractivity contribution is 7.17. The molecule has 1 atom stereocenters. The van der Waals surface area contributed by atoms with Crippen LogP contribution in [-0.4, -0.2) is 44.8 Å². The Kier molecular flexibility index (Phi) is 6.98. The standard InChI is InChI=1S/C22H29N5O4S/c1-13-17(26-31-25-13)12-27(2)21(30)15-10-16-20(18(28)11-15)32-22(23-16)24-19(29)9-8-14-6-4-3-5-7-14/h14-15H,3-12H2,1-2H3,(H,23,24,29). The Morgan fingerprint density at radius 1 is 1.19 bits per heavy atom. The summed E-state index contributed by atoms with van der Waals surface area (Å²) >= 11 is 1.21. The van der Waals surface area contributed by atoms with Crippen LogP contribution in [0, 0.1) is 18.8 Å². The van der Waals surface area contributed by atoms with Gasteiger partial charge in [-0.2, -0.15) is 0 Å². The molecule has 1 fully saturated rings. The van der Waals surface area contributed by atoms with Gasteiger partial charge in [-0.1, -0.05) is 53.8 Å². The van der Waals surface area contributed by atoms with E-state index >= 15 is 0 Å². The number of carbonyl (C=O) groups is 3. The van der Waals surface area contributed by atoms with Crippen LogP contribution in [0.2, 0.25) is 0 Å². The van der Waals surface area contributed by atoms with Crippen molar-refractivity contribution in [1.82, 2.24) is 20.2 Å². The van der Waals surface area contributed by atoms with E-state index in [-0.39, 0.29) is 30.6 Å². The van der Waals surface area contributed by atoms with Gasteiger partial charge in [0.15, 0.2) is 10.9 Å². The molecule has 2 amide bonds. The van der Waals surface area contributed by atoms with Gasteiger partial charge in [0.1, 0.15) is 11.4 Å². The SMILES string of the molecule is Cc1nonc1CN(C)C(=O)C1CC(=O)c2sc(NC(=O)CCC3CCCCC3)nc2C1. The van der Waals surface area contributed by atoms with Crippen LogP contribution in [0.15, 0.2) is 4.63 Å². The molecular formula is C22H29N5O4S. The normalized spacial score (nSPS) is 18.9. The summed E-state index contributed by atoms with van der Waals surface area (Å²) in [5.41, 5.74) is 1.82. The monoisotopic (exact) mass is 459 g/mol. The number of nitrogens with one attached hydrogen (secondary N) is 1. The Morgan fingerprint density at radius 2 is 1.97 bits per heavy atom. The van der Waals surface area contributed by atoms with Gasteiger partial charge in [0.25, 0.3) is 0 Å². The molecule has 2 aliphatic rings. The van der Waals surface area contributed by atoms with Gasteiger partial charge < -0.3 is 10.2 Å². The van der Waals surface area contributed by atoms with Crippen LogP contribution in [0.4, 0.5) is 5.13 Å². The summed E-state index contributed by atoms with van der Waals surface area (Å²) in [6.07, 6.45) is 8.16. The maximum absolute atomic E-state index is 12.9. The second-order valence-electron chi connectivity index (χ2n) is 8.90. The molecule has 2 aromatic rings. The number of ketones is 1. The number of Topliss-reactive ketones (excluding diaryl/α,β-unsaturated/α-hetero) is 1. The summed E-state index contributed by atoms with van der Waals surface area (Å²) in [6.45, 7) is 2.03. The number of nitrogens with zero attached hydrogens (tertiary/aromatic N) is 4. The van der Waals surface area contributed by atoms with Crippen molar-refractivity contribution >= 4 is 34.1 Å². The molecular weight excluding hydrogens is 430 g/mol. The lowest BCUT2D eigenvalue weighted by molar-refractivity contribution is -0.134. The predicted octanol–water partition coefficient (Wildman–Crippen LogP) is 3.54. The molecule has 1 saturated carbocycles. The zero-order valence-electron chi connectivity index (χ0n) is 18.6. The molecule has 2 aliphatic carbocycles. The number of thiazole rings is 1. The number of hydrogen-bond donors (Lipinski definition) is 1. The van der Waals surface area contributed by atoms with Gasteiger partial charge in [-0.05, 0) is 19.3 Å². The minimum Gasteiger partial charge on any atom is -0.339 e. The third kappa shape index (κ3) is 5.23. The lowest BCUT2D eigenvalue weighted by Gasteiger charge is -2.24. The Bertz CT molecular complexity index is 994. The Balaban J connectivity index is 1.34. The van der Waals surface area contributed by atoms with E-state index in [9.17, 15) is 14.4 Å². The van der Waals surface area contributed by atoms with Crippen LogP contribution in [0.25, 0.3) is 0 Å². The first kappa shape index (κ1) is 22.6. The molecule has 32 heavy (non-hydrogen) atoms. The molecule has 0 radical (unpaired) electrons. The summed E-state index contributed by atoms with van der Waals surface area (Å²) in [7, 11) is 1.68. The fourth-order valence-electron chi connectivity index (χ4n) is 4.56. The summed E-state index contributed by atoms with van der Waals surface area (Å²) in [5, 5.41) is 10.8. The van der Waals surface area contributed by atoms with Gasteiger partial charge in [-0.25, -0.2) is 9.61 Å². The molecule has 0 saturated heterocycles. The molecule has 172 valence electrons. The first-order valence-corrected chi connectivity index (χ1v) is 12.1. The maximum Gasteiger partial charge on any atom is 0.226 e. The molecule has 1 unspecified atom stereocenters. The first-order chi connectivity index (χ1) is 15.4. The Labute approximate surface area is 190 Å². The summed E-state index contributed by atoms with van der Waals surface area (Å²) in [5.74, 6) is -0.133.